The summed E-state index contributed by atoms with van der Waals surface area (Å²) in [4.78, 5) is 8.89. The molecule has 0 unspecified atom stereocenters. The van der Waals surface area contributed by atoms with Crippen molar-refractivity contribution in [2.24, 2.45) is 5.84 Å². The zero-order valence-corrected chi connectivity index (χ0v) is 7.76. The van der Waals surface area contributed by atoms with Gasteiger partial charge in [-0.2, -0.15) is 5.84 Å². The van der Waals surface area contributed by atoms with Crippen LogP contribution in [0.2, 0.25) is 0 Å². The van der Waals surface area contributed by atoms with Crippen molar-refractivity contribution in [3.63, 3.8) is 0 Å². The highest BCUT2D eigenvalue weighted by Crippen LogP contribution is 1.85. The second-order valence-corrected chi connectivity index (χ2v) is 2.99. The Labute approximate surface area is 68.2 Å². The van der Waals surface area contributed by atoms with E-state index >= 15 is 0 Å². The van der Waals surface area contributed by atoms with E-state index < -0.39 is 5.97 Å². The van der Waals surface area contributed by atoms with Crippen LogP contribution in [-0.4, -0.2) is 31.2 Å². The molecule has 0 fully saturated rings. The number of carboxylic acid groups (broad SMARTS) is 1. The Bertz CT molecular complexity index is 103. The fourth-order valence-corrected chi connectivity index (χ4v) is 0.576. The predicted molar refractivity (Wildman–Crippen MR) is 42.1 cm³/mol. The Balaban J connectivity index is 0. The maximum absolute atomic E-state index is 8.89. The van der Waals surface area contributed by atoms with Gasteiger partial charge >= 0.3 is 0 Å². The van der Waals surface area contributed by atoms with Gasteiger partial charge in [0.05, 0.1) is 20.6 Å². The minimum Gasteiger partial charge on any atom is -0.550 e. The number of hydrogen-bond donors (Lipinski definition) is 1. The molecule has 68 valence electrons. The number of aliphatic carboxylic acids is 1. The molecule has 0 aromatic rings. The van der Waals surface area contributed by atoms with Crippen molar-refractivity contribution in [1.82, 2.24) is 0 Å². The van der Waals surface area contributed by atoms with E-state index in [1.807, 2.05) is 14.1 Å². The Morgan fingerprint density at radius 3 is 1.82 bits per heavy atom. The lowest BCUT2D eigenvalue weighted by molar-refractivity contribution is -0.902. The molecule has 0 saturated carbocycles. The van der Waals surface area contributed by atoms with Gasteiger partial charge in [-0.05, 0) is 13.3 Å². The van der Waals surface area contributed by atoms with Crippen LogP contribution in [-0.2, 0) is 4.79 Å². The molecule has 0 aliphatic rings. The lowest BCUT2D eigenvalue weighted by Crippen LogP contribution is -2.46. The molecule has 0 amide bonds. The van der Waals surface area contributed by atoms with E-state index in [1.165, 1.54) is 0 Å². The van der Waals surface area contributed by atoms with Crippen molar-refractivity contribution in [3.8, 4) is 0 Å². The van der Waals surface area contributed by atoms with E-state index in [-0.39, 0.29) is 0 Å². The molecule has 0 spiro atoms. The average Bonchev–Trinajstić information content (AvgIpc) is 1.58. The highest BCUT2D eigenvalue weighted by atomic mass is 16.4. The summed E-state index contributed by atoms with van der Waals surface area (Å²) >= 11 is 0. The molecule has 2 N–H and O–H groups in total. The molecular weight excluding hydrogens is 144 g/mol. The van der Waals surface area contributed by atoms with Crippen LogP contribution in [0, 0.1) is 0 Å². The van der Waals surface area contributed by atoms with Gasteiger partial charge in [-0.3, -0.25) is 4.59 Å². The number of carbonyl (C=O) groups is 1. The maximum Gasteiger partial charge on any atom is 0.0953 e. The number of carboxylic acids is 1. The number of nitrogens with two attached hydrogens (primary N) is 1. The first-order valence-corrected chi connectivity index (χ1v) is 3.58. The Kier molecular flexibility index (Phi) is 7.24. The third-order valence-corrected chi connectivity index (χ3v) is 0.800. The molecule has 11 heavy (non-hydrogen) atoms. The summed E-state index contributed by atoms with van der Waals surface area (Å²) in [5, 5.41) is 8.89. The molecule has 0 aromatic heterocycles. The molecule has 0 radical (unpaired) electrons. The SMILES string of the molecule is CC(=O)[O-].CCC[N+](C)(C)N. The summed E-state index contributed by atoms with van der Waals surface area (Å²) < 4.78 is 0.594. The van der Waals surface area contributed by atoms with Gasteiger partial charge in [0.15, 0.2) is 0 Å². The van der Waals surface area contributed by atoms with E-state index in [1.54, 1.807) is 0 Å². The van der Waals surface area contributed by atoms with Crippen molar-refractivity contribution >= 4 is 5.97 Å². The smallest absolute Gasteiger partial charge is 0.0953 e. The van der Waals surface area contributed by atoms with Crippen LogP contribution in [0.3, 0.4) is 0 Å². The van der Waals surface area contributed by atoms with Crippen LogP contribution in [0.4, 0.5) is 0 Å². The van der Waals surface area contributed by atoms with Crippen LogP contribution in [0.5, 0.6) is 0 Å². The molecule has 0 heterocycles. The first-order valence-electron chi connectivity index (χ1n) is 3.58. The number of carbonyl (C=O) groups excluding carboxylic acids is 1. The Hall–Kier alpha value is -0.610. The number of nitrogens with zero attached hydrogens (tertiary/aromatic N) is 1. The zero-order chi connectivity index (χ0) is 9.49. The second-order valence-electron chi connectivity index (χ2n) is 2.99. The van der Waals surface area contributed by atoms with Gasteiger partial charge in [0.25, 0.3) is 0 Å². The normalized spacial score (nSPS) is 9.91. The van der Waals surface area contributed by atoms with E-state index in [0.29, 0.717) is 4.59 Å². The third-order valence-electron chi connectivity index (χ3n) is 0.800. The number of quaternary nitrogens is 1. The van der Waals surface area contributed by atoms with Gasteiger partial charge in [0.1, 0.15) is 0 Å². The Morgan fingerprint density at radius 2 is 1.82 bits per heavy atom. The van der Waals surface area contributed by atoms with Gasteiger partial charge < -0.3 is 9.90 Å². The topological polar surface area (TPSA) is 66.1 Å². The van der Waals surface area contributed by atoms with Gasteiger partial charge in [-0.15, -0.1) is 0 Å². The molecule has 0 aromatic carbocycles. The van der Waals surface area contributed by atoms with Crippen molar-refractivity contribution in [1.29, 1.82) is 0 Å². The monoisotopic (exact) mass is 162 g/mol. The minimum atomic E-state index is -1.08. The van der Waals surface area contributed by atoms with Crippen LogP contribution < -0.4 is 10.9 Å². The third kappa shape index (κ3) is 44.6. The van der Waals surface area contributed by atoms with Gasteiger partial charge in [0.2, 0.25) is 0 Å². The van der Waals surface area contributed by atoms with Crippen LogP contribution >= 0.6 is 0 Å². The van der Waals surface area contributed by atoms with Crippen molar-refractivity contribution in [2.75, 3.05) is 20.6 Å². The first-order chi connectivity index (χ1) is 4.79. The summed E-state index contributed by atoms with van der Waals surface area (Å²) in [6, 6.07) is 0. The molecule has 0 saturated heterocycles. The highest BCUT2D eigenvalue weighted by Gasteiger charge is 2.02. The Morgan fingerprint density at radius 1 is 1.55 bits per heavy atom. The number of hydrogen-bond acceptors (Lipinski definition) is 3. The standard InChI is InChI=1S/C5H15N2.C2H4O2/c1-4-5-7(2,3)6;1-2(3)4/h4-6H2,1-3H3;1H3,(H,3,4)/q+1;/p-1. The first kappa shape index (κ1) is 13.0. The number of rotatable bonds is 2. The molecular formula is C7H18N2O2. The minimum absolute atomic E-state index is 0.594. The largest absolute Gasteiger partial charge is 0.550 e. The highest BCUT2D eigenvalue weighted by molar-refractivity contribution is 5.60. The fourth-order valence-electron chi connectivity index (χ4n) is 0.576. The van der Waals surface area contributed by atoms with E-state index in [0.717, 1.165) is 19.9 Å². The second kappa shape index (κ2) is 6.12. The van der Waals surface area contributed by atoms with E-state index in [4.69, 9.17) is 15.7 Å². The van der Waals surface area contributed by atoms with Crippen molar-refractivity contribution in [2.45, 2.75) is 20.3 Å². The summed E-state index contributed by atoms with van der Waals surface area (Å²) in [7, 11) is 3.98. The molecule has 0 aliphatic carbocycles. The molecule has 0 aliphatic heterocycles. The van der Waals surface area contributed by atoms with Crippen LogP contribution in [0.25, 0.3) is 0 Å². The molecule has 0 atom stereocenters. The van der Waals surface area contributed by atoms with Gasteiger partial charge in [-0.1, -0.05) is 6.92 Å². The molecule has 0 rings (SSSR count). The zero-order valence-electron chi connectivity index (χ0n) is 7.76. The van der Waals surface area contributed by atoms with Gasteiger partial charge in [-0.25, -0.2) is 0 Å². The lowest BCUT2D eigenvalue weighted by atomic mass is 10.4. The van der Waals surface area contributed by atoms with Crippen LogP contribution in [0.1, 0.15) is 20.3 Å². The summed E-state index contributed by atoms with van der Waals surface area (Å²) in [5.74, 6) is 4.50. The predicted octanol–water partition coefficient (Wildman–Crippen LogP) is -0.897. The lowest BCUT2D eigenvalue weighted by Gasteiger charge is -2.20. The van der Waals surface area contributed by atoms with Crippen molar-refractivity contribution < 1.29 is 14.5 Å². The molecule has 4 nitrogen and oxygen atoms in total. The van der Waals surface area contributed by atoms with Crippen LogP contribution in [0.15, 0.2) is 0 Å². The fraction of sp³-hybridized carbons (Fsp3) is 0.857. The average molecular weight is 162 g/mol. The van der Waals surface area contributed by atoms with E-state index in [2.05, 4.69) is 6.92 Å². The van der Waals surface area contributed by atoms with Crippen molar-refractivity contribution in [3.05, 3.63) is 0 Å². The summed E-state index contributed by atoms with van der Waals surface area (Å²) in [6.07, 6.45) is 1.16. The van der Waals surface area contributed by atoms with E-state index in [9.17, 15) is 0 Å². The quantitative estimate of drug-likeness (QED) is 0.325. The molecule has 4 heteroatoms. The summed E-state index contributed by atoms with van der Waals surface area (Å²) in [5.41, 5.74) is 0. The summed E-state index contributed by atoms with van der Waals surface area (Å²) in [6.45, 7) is 4.16. The molecule has 0 bridgehead atoms. The van der Waals surface area contributed by atoms with Gasteiger partial charge in [0, 0.05) is 5.97 Å². The maximum atomic E-state index is 8.89.